The summed E-state index contributed by atoms with van der Waals surface area (Å²) < 4.78 is 5.17. The molecule has 0 fully saturated rings. The Hall–Kier alpha value is -3.38. The van der Waals surface area contributed by atoms with E-state index in [-0.39, 0.29) is 17.3 Å². The van der Waals surface area contributed by atoms with Crippen molar-refractivity contribution in [3.63, 3.8) is 0 Å². The molecule has 0 saturated heterocycles. The Morgan fingerprint density at radius 3 is 2.57 bits per heavy atom. The van der Waals surface area contributed by atoms with Gasteiger partial charge in [-0.3, -0.25) is 14.4 Å². The number of fused-ring (bicyclic) bond motifs is 1. The summed E-state index contributed by atoms with van der Waals surface area (Å²) in [6.45, 7) is 0. The number of carbonyl (C=O) groups is 2. The number of carbonyl (C=O) groups excluding carboxylic acids is 2. The summed E-state index contributed by atoms with van der Waals surface area (Å²) in [5.74, 6) is -0.000683. The zero-order valence-corrected chi connectivity index (χ0v) is 17.0. The molecule has 6 nitrogen and oxygen atoms in total. The summed E-state index contributed by atoms with van der Waals surface area (Å²) in [6.07, 6.45) is 0.819. The van der Waals surface area contributed by atoms with E-state index in [1.165, 1.54) is 6.07 Å². The van der Waals surface area contributed by atoms with Crippen LogP contribution in [0.3, 0.4) is 0 Å². The molecule has 1 atom stereocenters. The van der Waals surface area contributed by atoms with Crippen LogP contribution in [0.15, 0.2) is 59.4 Å². The fourth-order valence-corrected chi connectivity index (χ4v) is 3.87. The molecule has 1 aromatic heterocycles. The first kappa shape index (κ1) is 19.9. The number of aromatic nitrogens is 1. The molecule has 2 aromatic carbocycles. The van der Waals surface area contributed by atoms with Gasteiger partial charge in [-0.05, 0) is 54.3 Å². The van der Waals surface area contributed by atoms with E-state index in [9.17, 15) is 14.4 Å². The van der Waals surface area contributed by atoms with Crippen molar-refractivity contribution >= 4 is 29.0 Å². The Morgan fingerprint density at radius 1 is 1.10 bits per heavy atom. The lowest BCUT2D eigenvalue weighted by Crippen LogP contribution is -2.29. The minimum atomic E-state index is -0.591. The maximum absolute atomic E-state index is 12.8. The van der Waals surface area contributed by atoms with Crippen LogP contribution in [0.25, 0.3) is 0 Å². The number of ether oxygens (including phenoxy) is 1. The third kappa shape index (κ3) is 4.00. The van der Waals surface area contributed by atoms with Crippen molar-refractivity contribution in [2.45, 2.75) is 18.8 Å². The van der Waals surface area contributed by atoms with Crippen molar-refractivity contribution in [3.8, 4) is 5.75 Å². The quantitative estimate of drug-likeness (QED) is 0.659. The molecule has 0 saturated carbocycles. The normalized spacial score (nSPS) is 15.4. The maximum Gasteiger partial charge on any atom is 0.261 e. The lowest BCUT2D eigenvalue weighted by atomic mass is 9.81. The molecule has 0 bridgehead atoms. The number of halogens is 1. The number of benzene rings is 2. The molecule has 1 amide bonds. The van der Waals surface area contributed by atoms with E-state index < -0.39 is 11.5 Å². The van der Waals surface area contributed by atoms with Crippen LogP contribution in [0, 0.1) is 0 Å². The molecule has 0 aliphatic heterocycles. The molecule has 1 heterocycles. The van der Waals surface area contributed by atoms with Crippen LogP contribution >= 0.6 is 11.6 Å². The molecule has 0 unspecified atom stereocenters. The Kier molecular flexibility index (Phi) is 5.42. The molecule has 7 heteroatoms. The molecule has 152 valence electrons. The van der Waals surface area contributed by atoms with Crippen molar-refractivity contribution in [1.82, 2.24) is 4.98 Å². The van der Waals surface area contributed by atoms with E-state index in [1.54, 1.807) is 31.4 Å². The molecule has 4 rings (SSSR count). The van der Waals surface area contributed by atoms with E-state index in [4.69, 9.17) is 16.3 Å². The molecule has 0 radical (unpaired) electrons. The van der Waals surface area contributed by atoms with E-state index >= 15 is 0 Å². The minimum Gasteiger partial charge on any atom is -0.497 e. The fraction of sp³-hybridized carbons (Fsp3) is 0.174. The molecule has 2 N–H and O–H groups in total. The second kappa shape index (κ2) is 8.16. The van der Waals surface area contributed by atoms with E-state index in [0.717, 1.165) is 11.3 Å². The number of anilines is 1. The molecule has 30 heavy (non-hydrogen) atoms. The van der Waals surface area contributed by atoms with Gasteiger partial charge in [0.2, 0.25) is 0 Å². The Labute approximate surface area is 177 Å². The summed E-state index contributed by atoms with van der Waals surface area (Å²) in [5, 5.41) is 3.11. The number of methoxy groups -OCH3 is 1. The first-order chi connectivity index (χ1) is 14.4. The summed E-state index contributed by atoms with van der Waals surface area (Å²) in [6, 6.07) is 15.6. The predicted octanol–water partition coefficient (Wildman–Crippen LogP) is 4.20. The van der Waals surface area contributed by atoms with Gasteiger partial charge >= 0.3 is 0 Å². The first-order valence-corrected chi connectivity index (χ1v) is 9.82. The third-order valence-electron chi connectivity index (χ3n) is 5.22. The standard InChI is InChI=1S/C23H19ClN2O4/c1-30-17-7-5-13(6-8-17)14-9-20-18(21(27)10-14)12-19(23(29)26-20)22(28)25-16-4-2-3-15(24)11-16/h2-8,11-12,14H,9-10H2,1H3,(H,25,28)(H,26,29)/t14-/m1/s1. The number of rotatable bonds is 4. The molecular formula is C23H19ClN2O4. The smallest absolute Gasteiger partial charge is 0.261 e. The average Bonchev–Trinajstić information content (AvgIpc) is 2.73. The SMILES string of the molecule is COc1ccc([C@H]2CC(=O)c3cc(C(=O)Nc4cccc(Cl)c4)c(=O)[nH]c3C2)cc1. The van der Waals surface area contributed by atoms with E-state index in [0.29, 0.717) is 34.8 Å². The second-order valence-corrected chi connectivity index (χ2v) is 7.61. The van der Waals surface area contributed by atoms with Crippen LogP contribution in [0.5, 0.6) is 5.75 Å². The van der Waals surface area contributed by atoms with Gasteiger partial charge in [-0.15, -0.1) is 0 Å². The van der Waals surface area contributed by atoms with Gasteiger partial charge in [0.25, 0.3) is 11.5 Å². The first-order valence-electron chi connectivity index (χ1n) is 9.45. The van der Waals surface area contributed by atoms with Gasteiger partial charge in [0, 0.05) is 28.4 Å². The van der Waals surface area contributed by atoms with Crippen molar-refractivity contribution < 1.29 is 14.3 Å². The summed E-state index contributed by atoms with van der Waals surface area (Å²) in [7, 11) is 1.60. The monoisotopic (exact) mass is 422 g/mol. The highest BCUT2D eigenvalue weighted by Gasteiger charge is 2.29. The number of hydrogen-bond acceptors (Lipinski definition) is 4. The van der Waals surface area contributed by atoms with E-state index in [1.807, 2.05) is 24.3 Å². The number of hydrogen-bond donors (Lipinski definition) is 2. The average molecular weight is 423 g/mol. The number of ketones is 1. The van der Waals surface area contributed by atoms with Crippen molar-refractivity contribution in [2.75, 3.05) is 12.4 Å². The summed E-state index contributed by atoms with van der Waals surface area (Å²) in [4.78, 5) is 40.7. The molecule has 0 spiro atoms. The number of aromatic amines is 1. The van der Waals surface area contributed by atoms with E-state index in [2.05, 4.69) is 10.3 Å². The molecule has 1 aliphatic rings. The number of nitrogens with one attached hydrogen (secondary N) is 2. The van der Waals surface area contributed by atoms with Gasteiger partial charge in [0.05, 0.1) is 7.11 Å². The molecule has 3 aromatic rings. The highest BCUT2D eigenvalue weighted by Crippen LogP contribution is 2.32. The van der Waals surface area contributed by atoms with Crippen LogP contribution in [0.4, 0.5) is 5.69 Å². The number of H-pyrrole nitrogens is 1. The van der Waals surface area contributed by atoms with Crippen molar-refractivity contribution in [2.24, 2.45) is 0 Å². The zero-order chi connectivity index (χ0) is 21.3. The van der Waals surface area contributed by atoms with Gasteiger partial charge in [0.15, 0.2) is 5.78 Å². The zero-order valence-electron chi connectivity index (χ0n) is 16.2. The van der Waals surface area contributed by atoms with Crippen molar-refractivity contribution in [1.29, 1.82) is 0 Å². The summed E-state index contributed by atoms with van der Waals surface area (Å²) >= 11 is 5.93. The Morgan fingerprint density at radius 2 is 1.87 bits per heavy atom. The highest BCUT2D eigenvalue weighted by atomic mass is 35.5. The van der Waals surface area contributed by atoms with Crippen LogP contribution in [-0.2, 0) is 6.42 Å². The van der Waals surface area contributed by atoms with Gasteiger partial charge in [-0.25, -0.2) is 0 Å². The number of amides is 1. The molecule has 1 aliphatic carbocycles. The Balaban J connectivity index is 1.60. The van der Waals surface area contributed by atoms with Crippen molar-refractivity contribution in [3.05, 3.63) is 92.4 Å². The lowest BCUT2D eigenvalue weighted by Gasteiger charge is -2.24. The number of pyridine rings is 1. The summed E-state index contributed by atoms with van der Waals surface area (Å²) in [5.41, 5.74) is 1.77. The van der Waals surface area contributed by atoms with Gasteiger partial charge in [-0.1, -0.05) is 29.8 Å². The maximum atomic E-state index is 12.8. The highest BCUT2D eigenvalue weighted by molar-refractivity contribution is 6.31. The van der Waals surface area contributed by atoms with Crippen LogP contribution in [0.2, 0.25) is 5.02 Å². The second-order valence-electron chi connectivity index (χ2n) is 7.17. The van der Waals surface area contributed by atoms with Gasteiger partial charge < -0.3 is 15.0 Å². The predicted molar refractivity (Wildman–Crippen MR) is 115 cm³/mol. The topological polar surface area (TPSA) is 88.3 Å². The van der Waals surface area contributed by atoms with Gasteiger partial charge in [-0.2, -0.15) is 0 Å². The van der Waals surface area contributed by atoms with Gasteiger partial charge in [0.1, 0.15) is 11.3 Å². The van der Waals surface area contributed by atoms with Crippen LogP contribution in [-0.4, -0.2) is 23.8 Å². The molecular weight excluding hydrogens is 404 g/mol. The third-order valence-corrected chi connectivity index (χ3v) is 5.45. The minimum absolute atomic E-state index is 0.0438. The lowest BCUT2D eigenvalue weighted by molar-refractivity contribution is 0.0963. The number of Topliss-reactive ketones (excluding diaryl/α,β-unsaturated/α-hetero) is 1. The Bertz CT molecular complexity index is 1180. The van der Waals surface area contributed by atoms with Crippen LogP contribution < -0.4 is 15.6 Å². The fourth-order valence-electron chi connectivity index (χ4n) is 3.68. The largest absolute Gasteiger partial charge is 0.497 e. The van der Waals surface area contributed by atoms with Crippen LogP contribution in [0.1, 0.15) is 44.3 Å².